The van der Waals surface area contributed by atoms with Gasteiger partial charge in [-0.3, -0.25) is 4.79 Å². The van der Waals surface area contributed by atoms with Gasteiger partial charge in [0.2, 0.25) is 0 Å². The summed E-state index contributed by atoms with van der Waals surface area (Å²) in [5, 5.41) is 5.22. The molecule has 0 unspecified atom stereocenters. The SMILES string of the molecule is CCN(Cc1cccs1)C(=O)c1cc(Cl)nc(NC)c1. The lowest BCUT2D eigenvalue weighted by atomic mass is 10.2. The van der Waals surface area contributed by atoms with Gasteiger partial charge in [-0.15, -0.1) is 11.3 Å². The van der Waals surface area contributed by atoms with Crippen molar-refractivity contribution in [3.8, 4) is 0 Å². The second kappa shape index (κ2) is 6.72. The molecule has 2 aromatic rings. The Hall–Kier alpha value is -1.59. The molecule has 0 saturated carbocycles. The molecule has 0 aliphatic heterocycles. The van der Waals surface area contributed by atoms with Gasteiger partial charge in [0.25, 0.3) is 5.91 Å². The van der Waals surface area contributed by atoms with Crippen molar-refractivity contribution >= 4 is 34.7 Å². The number of pyridine rings is 1. The maximum Gasteiger partial charge on any atom is 0.254 e. The second-order valence-electron chi connectivity index (χ2n) is 4.21. The molecule has 2 rings (SSSR count). The minimum atomic E-state index is -0.0401. The molecule has 1 amide bonds. The van der Waals surface area contributed by atoms with E-state index in [2.05, 4.69) is 10.3 Å². The van der Waals surface area contributed by atoms with Crippen LogP contribution in [-0.2, 0) is 6.54 Å². The molecule has 0 atom stereocenters. The zero-order valence-electron chi connectivity index (χ0n) is 11.4. The maximum absolute atomic E-state index is 12.5. The van der Waals surface area contributed by atoms with E-state index in [1.165, 1.54) is 0 Å². The van der Waals surface area contributed by atoms with Gasteiger partial charge < -0.3 is 10.2 Å². The highest BCUT2D eigenvalue weighted by atomic mass is 35.5. The third kappa shape index (κ3) is 3.49. The van der Waals surface area contributed by atoms with E-state index in [4.69, 9.17) is 11.6 Å². The third-order valence-electron chi connectivity index (χ3n) is 2.89. The highest BCUT2D eigenvalue weighted by Crippen LogP contribution is 2.18. The fourth-order valence-corrected chi connectivity index (χ4v) is 2.78. The predicted octanol–water partition coefficient (Wildman–Crippen LogP) is 3.50. The zero-order valence-corrected chi connectivity index (χ0v) is 13.0. The molecule has 0 spiro atoms. The molecule has 0 saturated heterocycles. The van der Waals surface area contributed by atoms with Crippen LogP contribution >= 0.6 is 22.9 Å². The Morgan fingerprint density at radius 2 is 2.30 bits per heavy atom. The van der Waals surface area contributed by atoms with Crippen molar-refractivity contribution in [2.75, 3.05) is 18.9 Å². The summed E-state index contributed by atoms with van der Waals surface area (Å²) in [4.78, 5) is 19.6. The van der Waals surface area contributed by atoms with Gasteiger partial charge in [0, 0.05) is 24.0 Å². The van der Waals surface area contributed by atoms with Crippen molar-refractivity contribution in [1.82, 2.24) is 9.88 Å². The average Bonchev–Trinajstić information content (AvgIpc) is 2.96. The largest absolute Gasteiger partial charge is 0.373 e. The number of nitrogens with one attached hydrogen (secondary N) is 1. The van der Waals surface area contributed by atoms with E-state index in [9.17, 15) is 4.79 Å². The molecule has 0 aliphatic rings. The first kappa shape index (κ1) is 14.8. The summed E-state index contributed by atoms with van der Waals surface area (Å²) >= 11 is 7.59. The number of hydrogen-bond donors (Lipinski definition) is 1. The Bertz CT molecular complexity index is 586. The highest BCUT2D eigenvalue weighted by Gasteiger charge is 2.16. The van der Waals surface area contributed by atoms with Crippen LogP contribution in [0.3, 0.4) is 0 Å². The van der Waals surface area contributed by atoms with Gasteiger partial charge in [-0.05, 0) is 30.5 Å². The van der Waals surface area contributed by atoms with Gasteiger partial charge in [0.1, 0.15) is 11.0 Å². The number of aromatic nitrogens is 1. The first-order chi connectivity index (χ1) is 9.63. The quantitative estimate of drug-likeness (QED) is 0.860. The molecule has 0 fully saturated rings. The van der Waals surface area contributed by atoms with Crippen molar-refractivity contribution in [3.63, 3.8) is 0 Å². The Balaban J connectivity index is 2.21. The number of rotatable bonds is 5. The van der Waals surface area contributed by atoms with Crippen LogP contribution in [0.4, 0.5) is 5.82 Å². The van der Waals surface area contributed by atoms with Gasteiger partial charge in [-0.25, -0.2) is 4.98 Å². The summed E-state index contributed by atoms with van der Waals surface area (Å²) < 4.78 is 0. The van der Waals surface area contributed by atoms with E-state index in [1.54, 1.807) is 35.4 Å². The van der Waals surface area contributed by atoms with Gasteiger partial charge in [-0.2, -0.15) is 0 Å². The number of carbonyl (C=O) groups excluding carboxylic acids is 1. The maximum atomic E-state index is 12.5. The van der Waals surface area contributed by atoms with Gasteiger partial charge in [0.05, 0.1) is 6.54 Å². The van der Waals surface area contributed by atoms with E-state index in [0.717, 1.165) is 4.88 Å². The summed E-state index contributed by atoms with van der Waals surface area (Å²) in [5.41, 5.74) is 0.549. The number of anilines is 1. The molecule has 20 heavy (non-hydrogen) atoms. The van der Waals surface area contributed by atoms with E-state index >= 15 is 0 Å². The lowest BCUT2D eigenvalue weighted by Crippen LogP contribution is -2.30. The molecule has 0 aliphatic carbocycles. The summed E-state index contributed by atoms with van der Waals surface area (Å²) in [6.07, 6.45) is 0. The molecule has 2 aromatic heterocycles. The topological polar surface area (TPSA) is 45.2 Å². The molecule has 6 heteroatoms. The van der Waals surface area contributed by atoms with Crippen molar-refractivity contribution in [3.05, 3.63) is 45.2 Å². The number of hydrogen-bond acceptors (Lipinski definition) is 4. The third-order valence-corrected chi connectivity index (χ3v) is 3.95. The fraction of sp³-hybridized carbons (Fsp3) is 0.286. The first-order valence-corrected chi connectivity index (χ1v) is 7.56. The lowest BCUT2D eigenvalue weighted by Gasteiger charge is -2.20. The van der Waals surface area contributed by atoms with Crippen molar-refractivity contribution < 1.29 is 4.79 Å². The van der Waals surface area contributed by atoms with Crippen LogP contribution in [0, 0.1) is 0 Å². The second-order valence-corrected chi connectivity index (χ2v) is 5.63. The van der Waals surface area contributed by atoms with Crippen molar-refractivity contribution in [2.45, 2.75) is 13.5 Å². The summed E-state index contributed by atoms with van der Waals surface area (Å²) in [5.74, 6) is 0.551. The summed E-state index contributed by atoms with van der Waals surface area (Å²) in [6.45, 7) is 3.22. The van der Waals surface area contributed by atoms with E-state index in [0.29, 0.717) is 29.6 Å². The molecule has 0 radical (unpaired) electrons. The smallest absolute Gasteiger partial charge is 0.254 e. The van der Waals surface area contributed by atoms with Gasteiger partial charge in [-0.1, -0.05) is 17.7 Å². The Morgan fingerprint density at radius 1 is 1.50 bits per heavy atom. The van der Waals surface area contributed by atoms with Gasteiger partial charge in [0.15, 0.2) is 0 Å². The van der Waals surface area contributed by atoms with Crippen LogP contribution < -0.4 is 5.32 Å². The van der Waals surface area contributed by atoms with Crippen LogP contribution in [0.5, 0.6) is 0 Å². The Morgan fingerprint density at radius 3 is 2.90 bits per heavy atom. The van der Waals surface area contributed by atoms with Crippen LogP contribution in [0.25, 0.3) is 0 Å². The fourth-order valence-electron chi connectivity index (χ4n) is 1.85. The van der Waals surface area contributed by atoms with Crippen LogP contribution in [0.2, 0.25) is 5.15 Å². The number of amides is 1. The summed E-state index contributed by atoms with van der Waals surface area (Å²) in [6, 6.07) is 7.33. The normalized spacial score (nSPS) is 10.3. The van der Waals surface area contributed by atoms with Crippen LogP contribution in [0.15, 0.2) is 29.6 Å². The molecule has 0 aromatic carbocycles. The van der Waals surface area contributed by atoms with E-state index in [-0.39, 0.29) is 5.91 Å². The molecule has 1 N–H and O–H groups in total. The van der Waals surface area contributed by atoms with Crippen molar-refractivity contribution in [2.24, 2.45) is 0 Å². The Labute approximate surface area is 127 Å². The minimum Gasteiger partial charge on any atom is -0.373 e. The van der Waals surface area contributed by atoms with E-state index in [1.807, 2.05) is 24.4 Å². The van der Waals surface area contributed by atoms with Gasteiger partial charge >= 0.3 is 0 Å². The number of nitrogens with zero attached hydrogens (tertiary/aromatic N) is 2. The van der Waals surface area contributed by atoms with Crippen molar-refractivity contribution in [1.29, 1.82) is 0 Å². The Kier molecular flexibility index (Phi) is 4.98. The summed E-state index contributed by atoms with van der Waals surface area (Å²) in [7, 11) is 1.75. The highest BCUT2D eigenvalue weighted by molar-refractivity contribution is 7.09. The molecule has 2 heterocycles. The number of carbonyl (C=O) groups is 1. The molecular weight excluding hydrogens is 294 g/mol. The minimum absolute atomic E-state index is 0.0401. The molecule has 106 valence electrons. The first-order valence-electron chi connectivity index (χ1n) is 6.31. The average molecular weight is 310 g/mol. The lowest BCUT2D eigenvalue weighted by molar-refractivity contribution is 0.0754. The molecular formula is C14H16ClN3OS. The molecule has 0 bridgehead atoms. The van der Waals surface area contributed by atoms with Crippen LogP contribution in [0.1, 0.15) is 22.2 Å². The standard InChI is InChI=1S/C14H16ClN3OS/c1-3-18(9-11-5-4-6-20-11)14(19)10-7-12(15)17-13(8-10)16-2/h4-8H,3,9H2,1-2H3,(H,16,17). The predicted molar refractivity (Wildman–Crippen MR) is 83.5 cm³/mol. The van der Waals surface area contributed by atoms with Crippen LogP contribution in [-0.4, -0.2) is 29.4 Å². The number of halogens is 1. The molecule has 4 nitrogen and oxygen atoms in total. The van der Waals surface area contributed by atoms with E-state index < -0.39 is 0 Å². The monoisotopic (exact) mass is 309 g/mol. The number of thiophene rings is 1. The zero-order chi connectivity index (χ0) is 14.5.